The summed E-state index contributed by atoms with van der Waals surface area (Å²) in [5, 5.41) is 9.21. The number of thioether (sulfide) groups is 1. The van der Waals surface area contributed by atoms with E-state index in [-0.39, 0.29) is 0 Å². The normalized spacial score (nSPS) is 11.4. The summed E-state index contributed by atoms with van der Waals surface area (Å²) >= 11 is 1.63. The molecule has 18 heavy (non-hydrogen) atoms. The van der Waals surface area contributed by atoms with Crippen molar-refractivity contribution in [3.05, 3.63) is 23.3 Å². The van der Waals surface area contributed by atoms with Crippen molar-refractivity contribution < 1.29 is 14.6 Å². The predicted molar refractivity (Wildman–Crippen MR) is 74.6 cm³/mol. The molecular weight excluding hydrogens is 248 g/mol. The van der Waals surface area contributed by atoms with Crippen LogP contribution in [0.2, 0.25) is 0 Å². The van der Waals surface area contributed by atoms with Crippen molar-refractivity contribution in [1.29, 1.82) is 0 Å². The van der Waals surface area contributed by atoms with Gasteiger partial charge in [-0.15, -0.1) is 11.8 Å². The Morgan fingerprint density at radius 3 is 2.50 bits per heavy atom. The molecule has 100 valence electrons. The summed E-state index contributed by atoms with van der Waals surface area (Å²) in [6.07, 6.45) is 2.49. The van der Waals surface area contributed by atoms with E-state index < -0.39 is 11.4 Å². The fourth-order valence-electron chi connectivity index (χ4n) is 1.80. The lowest BCUT2D eigenvalue weighted by molar-refractivity contribution is -0.146. The first kappa shape index (κ1) is 14.9. The van der Waals surface area contributed by atoms with Crippen LogP contribution in [0.1, 0.15) is 25.0 Å². The zero-order chi connectivity index (χ0) is 13.9. The molecular formula is C14H20O3S. The zero-order valence-electron chi connectivity index (χ0n) is 11.5. The molecule has 4 heteroatoms. The highest BCUT2D eigenvalue weighted by Gasteiger charge is 2.28. The number of carboxylic acids is 1. The molecule has 0 saturated heterocycles. The number of benzene rings is 1. The lowest BCUT2D eigenvalue weighted by Gasteiger charge is -2.21. The van der Waals surface area contributed by atoms with E-state index in [0.717, 1.165) is 21.8 Å². The third kappa shape index (κ3) is 3.19. The number of carboxylic acid groups (broad SMARTS) is 1. The molecule has 0 aliphatic rings. The fraction of sp³-hybridized carbons (Fsp3) is 0.500. The topological polar surface area (TPSA) is 46.5 Å². The van der Waals surface area contributed by atoms with E-state index in [1.807, 2.05) is 19.2 Å². The highest BCUT2D eigenvalue weighted by atomic mass is 32.2. The number of rotatable bonds is 5. The van der Waals surface area contributed by atoms with Gasteiger partial charge < -0.3 is 9.84 Å². The summed E-state index contributed by atoms with van der Waals surface area (Å²) in [5.41, 5.74) is 1.32. The Hall–Kier alpha value is -1.16. The van der Waals surface area contributed by atoms with Crippen LogP contribution in [-0.4, -0.2) is 24.4 Å². The predicted octanol–water partition coefficient (Wildman–Crippen LogP) is 3.38. The Labute approximate surface area is 113 Å². The van der Waals surface area contributed by atoms with Gasteiger partial charge in [0.2, 0.25) is 0 Å². The van der Waals surface area contributed by atoms with Gasteiger partial charge in [0.15, 0.2) is 0 Å². The standard InChI is InChI=1S/C14H20O3S/c1-9-6-12(18-5)10(7-11(9)17-4)8-14(2,3)13(15)16/h6-7H,8H2,1-5H3,(H,15,16). The van der Waals surface area contributed by atoms with Gasteiger partial charge in [0.1, 0.15) is 5.75 Å². The van der Waals surface area contributed by atoms with E-state index >= 15 is 0 Å². The molecule has 0 unspecified atom stereocenters. The Kier molecular flexibility index (Phi) is 4.68. The van der Waals surface area contributed by atoms with E-state index in [4.69, 9.17) is 4.74 Å². The van der Waals surface area contributed by atoms with Crippen molar-refractivity contribution >= 4 is 17.7 Å². The van der Waals surface area contributed by atoms with Crippen LogP contribution in [0.25, 0.3) is 0 Å². The largest absolute Gasteiger partial charge is 0.496 e. The van der Waals surface area contributed by atoms with Crippen LogP contribution in [0.5, 0.6) is 5.75 Å². The zero-order valence-corrected chi connectivity index (χ0v) is 12.4. The molecule has 0 fully saturated rings. The SMILES string of the molecule is COc1cc(CC(C)(C)C(=O)O)c(SC)cc1C. The van der Waals surface area contributed by atoms with Crippen LogP contribution in [0.4, 0.5) is 0 Å². The minimum Gasteiger partial charge on any atom is -0.496 e. The quantitative estimate of drug-likeness (QED) is 0.832. The second-order valence-electron chi connectivity index (χ2n) is 5.00. The summed E-state index contributed by atoms with van der Waals surface area (Å²) in [5.74, 6) is 0.0260. The monoisotopic (exact) mass is 268 g/mol. The van der Waals surface area contributed by atoms with Gasteiger partial charge in [0.05, 0.1) is 12.5 Å². The maximum absolute atomic E-state index is 11.2. The first-order valence-corrected chi connectivity index (χ1v) is 6.99. The van der Waals surface area contributed by atoms with E-state index in [2.05, 4.69) is 6.07 Å². The molecule has 1 rings (SSSR count). The molecule has 0 atom stereocenters. The molecule has 3 nitrogen and oxygen atoms in total. The number of aliphatic carboxylic acids is 1. The van der Waals surface area contributed by atoms with Crippen molar-refractivity contribution in [3.63, 3.8) is 0 Å². The van der Waals surface area contributed by atoms with Gasteiger partial charge in [-0.2, -0.15) is 0 Å². The minimum atomic E-state index is -0.783. The molecule has 1 N–H and O–H groups in total. The Bertz CT molecular complexity index is 453. The van der Waals surface area contributed by atoms with Gasteiger partial charge in [-0.1, -0.05) is 0 Å². The van der Waals surface area contributed by atoms with Gasteiger partial charge in [-0.05, 0) is 56.7 Å². The van der Waals surface area contributed by atoms with Gasteiger partial charge in [0.25, 0.3) is 0 Å². The van der Waals surface area contributed by atoms with Gasteiger partial charge in [-0.25, -0.2) is 0 Å². The van der Waals surface area contributed by atoms with E-state index in [9.17, 15) is 9.90 Å². The van der Waals surface area contributed by atoms with Crippen LogP contribution in [0.3, 0.4) is 0 Å². The summed E-state index contributed by atoms with van der Waals surface area (Å²) in [7, 11) is 1.63. The van der Waals surface area contributed by atoms with Crippen molar-refractivity contribution in [2.45, 2.75) is 32.1 Å². The Morgan fingerprint density at radius 2 is 2.06 bits per heavy atom. The van der Waals surface area contributed by atoms with Crippen molar-refractivity contribution in [2.24, 2.45) is 5.41 Å². The van der Waals surface area contributed by atoms with E-state index in [1.54, 1.807) is 32.7 Å². The molecule has 0 radical (unpaired) electrons. The maximum atomic E-state index is 11.2. The second-order valence-corrected chi connectivity index (χ2v) is 5.85. The number of hydrogen-bond acceptors (Lipinski definition) is 3. The Balaban J connectivity index is 3.18. The maximum Gasteiger partial charge on any atom is 0.309 e. The number of ether oxygens (including phenoxy) is 1. The molecule has 0 spiro atoms. The van der Waals surface area contributed by atoms with Crippen molar-refractivity contribution in [1.82, 2.24) is 0 Å². The molecule has 0 aliphatic heterocycles. The highest BCUT2D eigenvalue weighted by molar-refractivity contribution is 7.98. The van der Waals surface area contributed by atoms with E-state index in [0.29, 0.717) is 6.42 Å². The Morgan fingerprint density at radius 1 is 1.44 bits per heavy atom. The molecule has 0 aliphatic carbocycles. The fourth-order valence-corrected chi connectivity index (χ4v) is 2.49. The minimum absolute atomic E-state index is 0.495. The van der Waals surface area contributed by atoms with Crippen molar-refractivity contribution in [2.75, 3.05) is 13.4 Å². The third-order valence-electron chi connectivity index (χ3n) is 3.01. The molecule has 1 aromatic rings. The number of hydrogen-bond donors (Lipinski definition) is 1. The van der Waals surface area contributed by atoms with Crippen LogP contribution >= 0.6 is 11.8 Å². The lowest BCUT2D eigenvalue weighted by Crippen LogP contribution is -2.26. The molecule has 0 aromatic heterocycles. The van der Waals surface area contributed by atoms with Crippen LogP contribution < -0.4 is 4.74 Å². The highest BCUT2D eigenvalue weighted by Crippen LogP contribution is 2.33. The molecule has 0 bridgehead atoms. The van der Waals surface area contributed by atoms with E-state index in [1.165, 1.54) is 0 Å². The summed E-state index contributed by atoms with van der Waals surface area (Å²) in [6, 6.07) is 4.00. The summed E-state index contributed by atoms with van der Waals surface area (Å²) < 4.78 is 5.30. The smallest absolute Gasteiger partial charge is 0.309 e. The molecule has 0 amide bonds. The second kappa shape index (κ2) is 5.65. The van der Waals surface area contributed by atoms with Gasteiger partial charge in [-0.3, -0.25) is 4.79 Å². The molecule has 0 heterocycles. The van der Waals surface area contributed by atoms with Crippen molar-refractivity contribution in [3.8, 4) is 5.75 Å². The van der Waals surface area contributed by atoms with Crippen LogP contribution in [-0.2, 0) is 11.2 Å². The van der Waals surface area contributed by atoms with Gasteiger partial charge >= 0.3 is 5.97 Å². The first-order valence-electron chi connectivity index (χ1n) is 5.76. The molecule has 1 aromatic carbocycles. The molecule has 0 saturated carbocycles. The van der Waals surface area contributed by atoms with Crippen LogP contribution in [0, 0.1) is 12.3 Å². The first-order chi connectivity index (χ1) is 8.31. The van der Waals surface area contributed by atoms with Crippen LogP contribution in [0.15, 0.2) is 17.0 Å². The number of methoxy groups -OCH3 is 1. The van der Waals surface area contributed by atoms with Gasteiger partial charge in [0, 0.05) is 4.90 Å². The summed E-state index contributed by atoms with van der Waals surface area (Å²) in [4.78, 5) is 12.3. The average molecular weight is 268 g/mol. The number of carbonyl (C=O) groups is 1. The lowest BCUT2D eigenvalue weighted by atomic mass is 9.85. The third-order valence-corrected chi connectivity index (χ3v) is 3.83. The average Bonchev–Trinajstić information content (AvgIpc) is 2.30. The number of aryl methyl sites for hydroxylation is 1. The summed E-state index contributed by atoms with van der Waals surface area (Å²) in [6.45, 7) is 5.47.